The van der Waals surface area contributed by atoms with Gasteiger partial charge in [-0.3, -0.25) is 0 Å². The van der Waals surface area contributed by atoms with Crippen LogP contribution in [0.15, 0.2) is 24.3 Å². The predicted molar refractivity (Wildman–Crippen MR) is 68.9 cm³/mol. The highest BCUT2D eigenvalue weighted by atomic mass is 32.2. The summed E-state index contributed by atoms with van der Waals surface area (Å²) in [5, 5.41) is 0. The molecule has 2 aliphatic rings. The Bertz CT molecular complexity index is 627. The normalized spacial score (nSPS) is 26.4. The predicted octanol–water partition coefficient (Wildman–Crippen LogP) is 2.01. The third kappa shape index (κ3) is 2.93. The molecule has 8 heteroatoms. The third-order valence-electron chi connectivity index (χ3n) is 3.84. The van der Waals surface area contributed by atoms with E-state index in [4.69, 9.17) is 4.74 Å². The standard InChI is InChI=1S/C13H14F3NO3S/c14-13(15,16)10-3-1-9(2-4-10)8-21(18,19)17-6-12-5-11(17)7-20-12/h1-4,11-12H,5-8H2/t11-,12+/m0/s1. The Kier molecular flexibility index (Phi) is 3.50. The zero-order valence-electron chi connectivity index (χ0n) is 11.0. The van der Waals surface area contributed by atoms with Crippen LogP contribution in [0.3, 0.4) is 0 Å². The lowest BCUT2D eigenvalue weighted by Crippen LogP contribution is -2.41. The summed E-state index contributed by atoms with van der Waals surface area (Å²) in [7, 11) is -3.52. The van der Waals surface area contributed by atoms with Gasteiger partial charge in [-0.1, -0.05) is 12.1 Å². The van der Waals surface area contributed by atoms with E-state index in [1.807, 2.05) is 0 Å². The quantitative estimate of drug-likeness (QED) is 0.855. The Morgan fingerprint density at radius 3 is 2.38 bits per heavy atom. The molecule has 1 aromatic carbocycles. The summed E-state index contributed by atoms with van der Waals surface area (Å²) in [6.45, 7) is 0.741. The first-order valence-corrected chi connectivity index (χ1v) is 8.14. The monoisotopic (exact) mass is 321 g/mol. The molecular formula is C13H14F3NO3S. The fraction of sp³-hybridized carbons (Fsp3) is 0.538. The number of halogens is 3. The molecule has 0 aliphatic carbocycles. The highest BCUT2D eigenvalue weighted by Crippen LogP contribution is 2.32. The van der Waals surface area contributed by atoms with Crippen LogP contribution in [-0.2, 0) is 26.7 Å². The molecule has 2 heterocycles. The van der Waals surface area contributed by atoms with Crippen molar-refractivity contribution in [2.75, 3.05) is 13.2 Å². The molecule has 0 spiro atoms. The van der Waals surface area contributed by atoms with E-state index in [0.717, 1.165) is 12.1 Å². The zero-order chi connectivity index (χ0) is 15.3. The van der Waals surface area contributed by atoms with Gasteiger partial charge in [0.1, 0.15) is 0 Å². The van der Waals surface area contributed by atoms with Gasteiger partial charge >= 0.3 is 6.18 Å². The minimum atomic E-state index is -4.41. The van der Waals surface area contributed by atoms with Crippen LogP contribution in [0.1, 0.15) is 17.5 Å². The first-order chi connectivity index (χ1) is 9.75. The molecule has 0 aromatic heterocycles. The van der Waals surface area contributed by atoms with Crippen molar-refractivity contribution in [1.82, 2.24) is 4.31 Å². The maximum absolute atomic E-state index is 12.5. The Balaban J connectivity index is 1.74. The summed E-state index contributed by atoms with van der Waals surface area (Å²) in [5.74, 6) is -0.283. The molecule has 2 bridgehead atoms. The van der Waals surface area contributed by atoms with Crippen LogP contribution in [0.2, 0.25) is 0 Å². The van der Waals surface area contributed by atoms with Crippen molar-refractivity contribution in [3.63, 3.8) is 0 Å². The van der Waals surface area contributed by atoms with Gasteiger partial charge in [0.15, 0.2) is 0 Å². The average Bonchev–Trinajstić information content (AvgIpc) is 3.00. The van der Waals surface area contributed by atoms with Crippen molar-refractivity contribution in [2.24, 2.45) is 0 Å². The SMILES string of the molecule is O=S(=O)(Cc1ccc(C(F)(F)F)cc1)N1C[C@H]2C[C@H]1CO2. The second kappa shape index (κ2) is 4.96. The molecule has 0 amide bonds. The molecule has 2 aliphatic heterocycles. The summed E-state index contributed by atoms with van der Waals surface area (Å²) in [6, 6.07) is 4.11. The van der Waals surface area contributed by atoms with Gasteiger partial charge in [0.2, 0.25) is 10.0 Å². The van der Waals surface area contributed by atoms with Crippen LogP contribution in [0.4, 0.5) is 13.2 Å². The molecule has 4 nitrogen and oxygen atoms in total. The van der Waals surface area contributed by atoms with E-state index < -0.39 is 21.8 Å². The minimum Gasteiger partial charge on any atom is -0.375 e. The molecule has 0 saturated carbocycles. The van der Waals surface area contributed by atoms with E-state index in [2.05, 4.69) is 0 Å². The number of rotatable bonds is 3. The van der Waals surface area contributed by atoms with Gasteiger partial charge in [-0.05, 0) is 24.1 Å². The first kappa shape index (κ1) is 14.8. The second-order valence-electron chi connectivity index (χ2n) is 5.37. The number of hydrogen-bond donors (Lipinski definition) is 0. The van der Waals surface area contributed by atoms with Crippen LogP contribution in [0.5, 0.6) is 0 Å². The van der Waals surface area contributed by atoms with Crippen LogP contribution in [0, 0.1) is 0 Å². The van der Waals surface area contributed by atoms with Crippen molar-refractivity contribution >= 4 is 10.0 Å². The minimum absolute atomic E-state index is 0.0441. The van der Waals surface area contributed by atoms with Gasteiger partial charge in [0, 0.05) is 6.54 Å². The molecule has 0 radical (unpaired) electrons. The summed E-state index contributed by atoms with van der Waals surface area (Å²) in [4.78, 5) is 0. The fourth-order valence-corrected chi connectivity index (χ4v) is 4.56. The maximum Gasteiger partial charge on any atom is 0.416 e. The third-order valence-corrected chi connectivity index (χ3v) is 5.70. The fourth-order valence-electron chi connectivity index (χ4n) is 2.79. The number of fused-ring (bicyclic) bond motifs is 2. The van der Waals surface area contributed by atoms with Gasteiger partial charge < -0.3 is 4.74 Å². The average molecular weight is 321 g/mol. The van der Waals surface area contributed by atoms with Gasteiger partial charge in [-0.2, -0.15) is 17.5 Å². The number of alkyl halides is 3. The van der Waals surface area contributed by atoms with Crippen molar-refractivity contribution in [3.8, 4) is 0 Å². The summed E-state index contributed by atoms with van der Waals surface area (Å²) in [5.41, 5.74) is -0.427. The number of ether oxygens (including phenoxy) is 1. The lowest BCUT2D eigenvalue weighted by atomic mass is 10.1. The van der Waals surface area contributed by atoms with E-state index in [9.17, 15) is 21.6 Å². The maximum atomic E-state index is 12.5. The van der Waals surface area contributed by atoms with Crippen LogP contribution in [-0.4, -0.2) is 38.0 Å². The molecular weight excluding hydrogens is 307 g/mol. The molecule has 116 valence electrons. The largest absolute Gasteiger partial charge is 0.416 e. The van der Waals surface area contributed by atoms with E-state index in [-0.39, 0.29) is 17.9 Å². The molecule has 21 heavy (non-hydrogen) atoms. The number of morpholine rings is 1. The van der Waals surface area contributed by atoms with Crippen molar-refractivity contribution in [2.45, 2.75) is 30.5 Å². The van der Waals surface area contributed by atoms with Gasteiger partial charge in [0.05, 0.1) is 30.1 Å². The van der Waals surface area contributed by atoms with Gasteiger partial charge in [-0.15, -0.1) is 0 Å². The Morgan fingerprint density at radius 1 is 1.24 bits per heavy atom. The van der Waals surface area contributed by atoms with Crippen LogP contribution < -0.4 is 0 Å². The van der Waals surface area contributed by atoms with E-state index >= 15 is 0 Å². The second-order valence-corrected chi connectivity index (χ2v) is 7.29. The highest BCUT2D eigenvalue weighted by molar-refractivity contribution is 7.88. The zero-order valence-corrected chi connectivity index (χ0v) is 11.8. The van der Waals surface area contributed by atoms with E-state index in [1.165, 1.54) is 16.4 Å². The van der Waals surface area contributed by atoms with Crippen molar-refractivity contribution in [1.29, 1.82) is 0 Å². The Labute approximate surface area is 120 Å². The smallest absolute Gasteiger partial charge is 0.375 e. The number of sulfonamides is 1. The molecule has 3 rings (SSSR count). The number of nitrogens with zero attached hydrogens (tertiary/aromatic N) is 1. The van der Waals surface area contributed by atoms with E-state index in [1.54, 1.807) is 0 Å². The Morgan fingerprint density at radius 2 is 1.90 bits per heavy atom. The van der Waals surface area contributed by atoms with Crippen molar-refractivity contribution in [3.05, 3.63) is 35.4 Å². The summed E-state index contributed by atoms with van der Waals surface area (Å²) >= 11 is 0. The lowest BCUT2D eigenvalue weighted by molar-refractivity contribution is -0.137. The number of hydrogen-bond acceptors (Lipinski definition) is 3. The van der Waals surface area contributed by atoms with Gasteiger partial charge in [-0.25, -0.2) is 8.42 Å². The summed E-state index contributed by atoms with van der Waals surface area (Å²) in [6.07, 6.45) is -3.76. The lowest BCUT2D eigenvalue weighted by Gasteiger charge is -2.26. The molecule has 2 fully saturated rings. The Hall–Kier alpha value is -1.12. The summed E-state index contributed by atoms with van der Waals surface area (Å²) < 4.78 is 68.8. The van der Waals surface area contributed by atoms with Crippen molar-refractivity contribution < 1.29 is 26.3 Å². The molecule has 2 atom stereocenters. The molecule has 1 aromatic rings. The van der Waals surface area contributed by atoms with E-state index in [0.29, 0.717) is 25.1 Å². The highest BCUT2D eigenvalue weighted by Gasteiger charge is 2.44. The van der Waals surface area contributed by atoms with Crippen LogP contribution in [0.25, 0.3) is 0 Å². The number of benzene rings is 1. The molecule has 0 N–H and O–H groups in total. The van der Waals surface area contributed by atoms with Gasteiger partial charge in [0.25, 0.3) is 0 Å². The molecule has 2 saturated heterocycles. The molecule has 0 unspecified atom stereocenters. The first-order valence-electron chi connectivity index (χ1n) is 6.53. The topological polar surface area (TPSA) is 46.6 Å². The van der Waals surface area contributed by atoms with Crippen LogP contribution >= 0.6 is 0 Å².